The highest BCUT2D eigenvalue weighted by atomic mass is 32.1. The summed E-state index contributed by atoms with van der Waals surface area (Å²) in [6, 6.07) is 0.676. The molecule has 0 saturated heterocycles. The maximum absolute atomic E-state index is 5.24. The van der Waals surface area contributed by atoms with Gasteiger partial charge in [-0.25, -0.2) is 0 Å². The summed E-state index contributed by atoms with van der Waals surface area (Å²) in [4.78, 5) is 0. The summed E-state index contributed by atoms with van der Waals surface area (Å²) in [6.07, 6.45) is 9.59. The van der Waals surface area contributed by atoms with Gasteiger partial charge in [0.1, 0.15) is 0 Å². The molecule has 0 bridgehead atoms. The van der Waals surface area contributed by atoms with Gasteiger partial charge in [0.15, 0.2) is 5.11 Å². The second-order valence-electron chi connectivity index (χ2n) is 5.60. The molecule has 0 aromatic heterocycles. The number of nitrogens with one attached hydrogen (secondary N) is 2. The Kier molecular flexibility index (Phi) is 4.45. The molecule has 2 atom stereocenters. The van der Waals surface area contributed by atoms with Gasteiger partial charge in [0.2, 0.25) is 0 Å². The molecule has 2 unspecified atom stereocenters. The fourth-order valence-electron chi connectivity index (χ4n) is 2.68. The van der Waals surface area contributed by atoms with Crippen molar-refractivity contribution in [2.24, 2.45) is 11.8 Å². The van der Waals surface area contributed by atoms with Crippen molar-refractivity contribution >= 4 is 17.3 Å². The molecule has 2 aliphatic carbocycles. The predicted octanol–water partition coefficient (Wildman–Crippen LogP) is 2.83. The molecule has 2 saturated carbocycles. The maximum Gasteiger partial charge on any atom is 0.166 e. The van der Waals surface area contributed by atoms with E-state index in [0.29, 0.717) is 6.04 Å². The van der Waals surface area contributed by atoms with Crippen LogP contribution in [0.2, 0.25) is 0 Å². The van der Waals surface area contributed by atoms with Gasteiger partial charge in [-0.05, 0) is 49.7 Å². The Morgan fingerprint density at radius 1 is 1.25 bits per heavy atom. The Bertz CT molecular complexity index is 238. The van der Waals surface area contributed by atoms with E-state index in [1.807, 2.05) is 0 Å². The van der Waals surface area contributed by atoms with Crippen LogP contribution in [-0.2, 0) is 0 Å². The minimum atomic E-state index is 0.676. The number of hydrogen-bond donors (Lipinski definition) is 2. The lowest BCUT2D eigenvalue weighted by Crippen LogP contribution is -2.37. The van der Waals surface area contributed by atoms with Crippen LogP contribution in [0.5, 0.6) is 0 Å². The molecule has 2 aliphatic rings. The zero-order valence-electron chi connectivity index (χ0n) is 10.3. The highest BCUT2D eigenvalue weighted by Crippen LogP contribution is 2.30. The van der Waals surface area contributed by atoms with Crippen molar-refractivity contribution in [2.75, 3.05) is 6.54 Å². The van der Waals surface area contributed by atoms with Gasteiger partial charge in [0, 0.05) is 12.6 Å². The SMILES string of the molecule is CC1CCCC(CCNC(=S)NC2CC2)C1. The van der Waals surface area contributed by atoms with Gasteiger partial charge in [-0.3, -0.25) is 0 Å². The topological polar surface area (TPSA) is 24.1 Å². The third-order valence-electron chi connectivity index (χ3n) is 3.80. The van der Waals surface area contributed by atoms with Crippen LogP contribution in [-0.4, -0.2) is 17.7 Å². The van der Waals surface area contributed by atoms with Gasteiger partial charge in [0.05, 0.1) is 0 Å². The van der Waals surface area contributed by atoms with Crippen molar-refractivity contribution in [1.29, 1.82) is 0 Å². The Labute approximate surface area is 105 Å². The molecule has 3 heteroatoms. The molecule has 0 spiro atoms. The fourth-order valence-corrected chi connectivity index (χ4v) is 2.94. The van der Waals surface area contributed by atoms with E-state index in [1.165, 1.54) is 44.9 Å². The van der Waals surface area contributed by atoms with Crippen molar-refractivity contribution in [3.8, 4) is 0 Å². The molecule has 0 aliphatic heterocycles. The molecule has 0 amide bonds. The Balaban J connectivity index is 1.54. The van der Waals surface area contributed by atoms with E-state index in [4.69, 9.17) is 12.2 Å². The fraction of sp³-hybridized carbons (Fsp3) is 0.923. The first kappa shape index (κ1) is 12.2. The van der Waals surface area contributed by atoms with E-state index in [1.54, 1.807) is 0 Å². The minimum Gasteiger partial charge on any atom is -0.363 e. The second kappa shape index (κ2) is 5.85. The number of thiocarbonyl (C=S) groups is 1. The van der Waals surface area contributed by atoms with E-state index in [9.17, 15) is 0 Å². The normalized spacial score (nSPS) is 29.8. The molecular formula is C13H24N2S. The van der Waals surface area contributed by atoms with Gasteiger partial charge < -0.3 is 10.6 Å². The van der Waals surface area contributed by atoms with E-state index < -0.39 is 0 Å². The van der Waals surface area contributed by atoms with Gasteiger partial charge in [-0.1, -0.05) is 26.2 Å². The van der Waals surface area contributed by atoms with E-state index in [2.05, 4.69) is 17.6 Å². The van der Waals surface area contributed by atoms with Crippen LogP contribution in [0, 0.1) is 11.8 Å². The van der Waals surface area contributed by atoms with Crippen LogP contribution in [0.1, 0.15) is 51.9 Å². The van der Waals surface area contributed by atoms with Gasteiger partial charge in [-0.2, -0.15) is 0 Å². The Hall–Kier alpha value is -0.310. The van der Waals surface area contributed by atoms with Crippen molar-refractivity contribution in [3.05, 3.63) is 0 Å². The molecule has 0 aromatic rings. The Morgan fingerprint density at radius 3 is 2.75 bits per heavy atom. The molecule has 0 heterocycles. The summed E-state index contributed by atoms with van der Waals surface area (Å²) >= 11 is 5.24. The Morgan fingerprint density at radius 2 is 2.06 bits per heavy atom. The molecule has 2 rings (SSSR count). The third-order valence-corrected chi connectivity index (χ3v) is 4.06. The molecular weight excluding hydrogens is 216 g/mol. The van der Waals surface area contributed by atoms with Gasteiger partial charge >= 0.3 is 0 Å². The van der Waals surface area contributed by atoms with Crippen molar-refractivity contribution in [1.82, 2.24) is 10.6 Å². The van der Waals surface area contributed by atoms with Crippen LogP contribution in [0.15, 0.2) is 0 Å². The smallest absolute Gasteiger partial charge is 0.166 e. The van der Waals surface area contributed by atoms with Crippen LogP contribution >= 0.6 is 12.2 Å². The zero-order chi connectivity index (χ0) is 11.4. The quantitative estimate of drug-likeness (QED) is 0.739. The molecule has 2 fully saturated rings. The molecule has 2 nitrogen and oxygen atoms in total. The summed E-state index contributed by atoms with van der Waals surface area (Å²) < 4.78 is 0. The lowest BCUT2D eigenvalue weighted by atomic mass is 9.81. The largest absolute Gasteiger partial charge is 0.363 e. The predicted molar refractivity (Wildman–Crippen MR) is 72.5 cm³/mol. The number of rotatable bonds is 4. The minimum absolute atomic E-state index is 0.676. The third kappa shape index (κ3) is 4.28. The lowest BCUT2D eigenvalue weighted by Gasteiger charge is -2.26. The van der Waals surface area contributed by atoms with E-state index in [0.717, 1.165) is 23.5 Å². The van der Waals surface area contributed by atoms with E-state index >= 15 is 0 Å². The summed E-state index contributed by atoms with van der Waals surface area (Å²) in [6.45, 7) is 3.44. The standard InChI is InChI=1S/C13H24N2S/c1-10-3-2-4-11(9-10)7-8-14-13(16)15-12-5-6-12/h10-12H,2-9H2,1H3,(H2,14,15,16). The maximum atomic E-state index is 5.24. The summed E-state index contributed by atoms with van der Waals surface area (Å²) in [7, 11) is 0. The summed E-state index contributed by atoms with van der Waals surface area (Å²) in [5, 5.41) is 7.52. The highest BCUT2D eigenvalue weighted by molar-refractivity contribution is 7.80. The van der Waals surface area contributed by atoms with Gasteiger partial charge in [0.25, 0.3) is 0 Å². The molecule has 0 aromatic carbocycles. The van der Waals surface area contributed by atoms with Gasteiger partial charge in [-0.15, -0.1) is 0 Å². The van der Waals surface area contributed by atoms with Crippen molar-refractivity contribution < 1.29 is 0 Å². The molecule has 92 valence electrons. The van der Waals surface area contributed by atoms with E-state index in [-0.39, 0.29) is 0 Å². The van der Waals surface area contributed by atoms with Crippen molar-refractivity contribution in [2.45, 2.75) is 57.9 Å². The zero-order valence-corrected chi connectivity index (χ0v) is 11.1. The first-order valence-corrected chi connectivity index (χ1v) is 7.19. The van der Waals surface area contributed by atoms with Crippen molar-refractivity contribution in [3.63, 3.8) is 0 Å². The van der Waals surface area contributed by atoms with Crippen LogP contribution in [0.4, 0.5) is 0 Å². The highest BCUT2D eigenvalue weighted by Gasteiger charge is 2.22. The average Bonchev–Trinajstić information content (AvgIpc) is 3.02. The first-order chi connectivity index (χ1) is 7.74. The summed E-state index contributed by atoms with van der Waals surface area (Å²) in [5.74, 6) is 1.87. The molecule has 0 radical (unpaired) electrons. The first-order valence-electron chi connectivity index (χ1n) is 6.78. The number of hydrogen-bond acceptors (Lipinski definition) is 1. The summed E-state index contributed by atoms with van der Waals surface area (Å²) in [5.41, 5.74) is 0. The van der Waals surface area contributed by atoms with Crippen LogP contribution < -0.4 is 10.6 Å². The lowest BCUT2D eigenvalue weighted by molar-refractivity contribution is 0.270. The van der Waals surface area contributed by atoms with Crippen LogP contribution in [0.25, 0.3) is 0 Å². The molecule has 2 N–H and O–H groups in total. The molecule has 16 heavy (non-hydrogen) atoms. The average molecular weight is 240 g/mol. The van der Waals surface area contributed by atoms with Crippen LogP contribution in [0.3, 0.4) is 0 Å². The second-order valence-corrected chi connectivity index (χ2v) is 6.01. The monoisotopic (exact) mass is 240 g/mol.